The van der Waals surface area contributed by atoms with Gasteiger partial charge in [-0.2, -0.15) is 0 Å². The summed E-state index contributed by atoms with van der Waals surface area (Å²) in [7, 11) is 0. The highest BCUT2D eigenvalue weighted by atomic mass is 16.2. The Hall–Kier alpha value is -2.64. The molecule has 2 aliphatic heterocycles. The van der Waals surface area contributed by atoms with E-state index in [4.69, 9.17) is 0 Å². The van der Waals surface area contributed by atoms with Crippen molar-refractivity contribution in [2.75, 3.05) is 31.1 Å². The van der Waals surface area contributed by atoms with E-state index >= 15 is 0 Å². The fourth-order valence-corrected chi connectivity index (χ4v) is 2.84. The number of carbonyl (C=O) groups is 3. The number of urea groups is 1. The van der Waals surface area contributed by atoms with Crippen molar-refractivity contribution in [3.8, 4) is 0 Å². The van der Waals surface area contributed by atoms with E-state index in [0.717, 1.165) is 18.8 Å². The highest BCUT2D eigenvalue weighted by molar-refractivity contribution is 6.04. The molecule has 8 heteroatoms. The first-order valence-electron chi connectivity index (χ1n) is 7.67. The summed E-state index contributed by atoms with van der Waals surface area (Å²) in [6.07, 6.45) is 4.14. The first kappa shape index (κ1) is 15.3. The average Bonchev–Trinajstić information content (AvgIpc) is 2.91. The van der Waals surface area contributed by atoms with Crippen molar-refractivity contribution in [3.05, 3.63) is 24.5 Å². The summed E-state index contributed by atoms with van der Waals surface area (Å²) >= 11 is 0. The van der Waals surface area contributed by atoms with Gasteiger partial charge in [0.1, 0.15) is 6.04 Å². The van der Waals surface area contributed by atoms with Gasteiger partial charge in [0.05, 0.1) is 11.9 Å². The van der Waals surface area contributed by atoms with Gasteiger partial charge in [0, 0.05) is 38.8 Å². The minimum atomic E-state index is -0.594. The van der Waals surface area contributed by atoms with Gasteiger partial charge >= 0.3 is 6.03 Å². The summed E-state index contributed by atoms with van der Waals surface area (Å²) in [5, 5.41) is 4.67. The second-order valence-electron chi connectivity index (χ2n) is 5.63. The van der Waals surface area contributed by atoms with Crippen LogP contribution in [-0.2, 0) is 9.59 Å². The molecular formula is C15H19N5O3. The van der Waals surface area contributed by atoms with Crippen LogP contribution in [0.2, 0.25) is 0 Å². The van der Waals surface area contributed by atoms with E-state index < -0.39 is 12.1 Å². The highest BCUT2D eigenvalue weighted by Gasteiger charge is 2.30. The van der Waals surface area contributed by atoms with Crippen molar-refractivity contribution in [1.82, 2.24) is 20.5 Å². The van der Waals surface area contributed by atoms with E-state index in [0.29, 0.717) is 19.5 Å². The third-order valence-electron chi connectivity index (χ3n) is 4.15. The van der Waals surface area contributed by atoms with Crippen LogP contribution in [0.1, 0.15) is 12.8 Å². The Morgan fingerprint density at radius 2 is 2.04 bits per heavy atom. The summed E-state index contributed by atoms with van der Waals surface area (Å²) in [5.41, 5.74) is 1.06. The fraction of sp³-hybridized carbons (Fsp3) is 0.467. The molecule has 2 aliphatic rings. The molecule has 3 heterocycles. The lowest BCUT2D eigenvalue weighted by Crippen LogP contribution is -2.49. The van der Waals surface area contributed by atoms with Crippen LogP contribution < -0.4 is 15.5 Å². The summed E-state index contributed by atoms with van der Waals surface area (Å²) in [5.74, 6) is -0.339. The van der Waals surface area contributed by atoms with Gasteiger partial charge in [0.2, 0.25) is 5.91 Å². The molecule has 122 valence electrons. The van der Waals surface area contributed by atoms with Crippen LogP contribution in [0, 0.1) is 0 Å². The minimum Gasteiger partial charge on any atom is -0.367 e. The van der Waals surface area contributed by atoms with E-state index in [-0.39, 0.29) is 18.2 Å². The fourth-order valence-electron chi connectivity index (χ4n) is 2.84. The normalized spacial score (nSPS) is 21.1. The van der Waals surface area contributed by atoms with Crippen molar-refractivity contribution in [2.45, 2.75) is 18.9 Å². The molecule has 0 aliphatic carbocycles. The number of hydrogen-bond donors (Lipinski definition) is 2. The monoisotopic (exact) mass is 317 g/mol. The number of nitrogens with one attached hydrogen (secondary N) is 2. The van der Waals surface area contributed by atoms with Gasteiger partial charge in [-0.15, -0.1) is 0 Å². The second-order valence-corrected chi connectivity index (χ2v) is 5.63. The number of piperazine rings is 1. The molecule has 23 heavy (non-hydrogen) atoms. The van der Waals surface area contributed by atoms with Crippen LogP contribution in [0.15, 0.2) is 24.5 Å². The van der Waals surface area contributed by atoms with Gasteiger partial charge < -0.3 is 15.1 Å². The molecule has 2 fully saturated rings. The largest absolute Gasteiger partial charge is 0.367 e. The third kappa shape index (κ3) is 3.58. The van der Waals surface area contributed by atoms with Gasteiger partial charge in [-0.05, 0) is 18.6 Å². The standard InChI is InChI=1S/C15H19N5O3/c21-13(4-3-12-14(22)18-15(23)17-12)20-8-6-19(7-9-20)11-2-1-5-16-10-11/h1-2,5,10,12H,3-4,6-9H2,(H2,17,18,22,23)/t12-/m1/s1. The summed E-state index contributed by atoms with van der Waals surface area (Å²) < 4.78 is 0. The molecule has 2 saturated heterocycles. The molecule has 1 aromatic heterocycles. The van der Waals surface area contributed by atoms with Gasteiger partial charge in [-0.25, -0.2) is 4.79 Å². The number of imide groups is 1. The maximum atomic E-state index is 12.2. The molecule has 3 rings (SSSR count). The smallest absolute Gasteiger partial charge is 0.322 e. The zero-order chi connectivity index (χ0) is 16.2. The number of anilines is 1. The van der Waals surface area contributed by atoms with E-state index in [1.165, 1.54) is 0 Å². The predicted octanol–water partition coefficient (Wildman–Crippen LogP) is -0.282. The van der Waals surface area contributed by atoms with Gasteiger partial charge in [-0.3, -0.25) is 19.9 Å². The number of aromatic nitrogens is 1. The predicted molar refractivity (Wildman–Crippen MR) is 82.7 cm³/mol. The van der Waals surface area contributed by atoms with Crippen molar-refractivity contribution in [2.24, 2.45) is 0 Å². The maximum Gasteiger partial charge on any atom is 0.322 e. The molecule has 8 nitrogen and oxygen atoms in total. The Labute approximate surface area is 133 Å². The molecule has 0 aromatic carbocycles. The van der Waals surface area contributed by atoms with Crippen LogP contribution in [0.25, 0.3) is 0 Å². The van der Waals surface area contributed by atoms with Gasteiger partial charge in [-0.1, -0.05) is 0 Å². The first-order valence-corrected chi connectivity index (χ1v) is 7.67. The first-order chi connectivity index (χ1) is 11.1. The van der Waals surface area contributed by atoms with Crippen LogP contribution in [-0.4, -0.2) is 60.0 Å². The molecule has 0 bridgehead atoms. The van der Waals surface area contributed by atoms with Crippen LogP contribution in [0.3, 0.4) is 0 Å². The Balaban J connectivity index is 1.45. The van der Waals surface area contributed by atoms with Crippen molar-refractivity contribution >= 4 is 23.5 Å². The van der Waals surface area contributed by atoms with Crippen LogP contribution in [0.4, 0.5) is 10.5 Å². The number of hydrogen-bond acceptors (Lipinski definition) is 5. The van der Waals surface area contributed by atoms with Crippen molar-refractivity contribution < 1.29 is 14.4 Å². The molecule has 4 amide bonds. The molecule has 0 spiro atoms. The van der Waals surface area contributed by atoms with Crippen molar-refractivity contribution in [3.63, 3.8) is 0 Å². The molecular weight excluding hydrogens is 298 g/mol. The number of carbonyl (C=O) groups excluding carboxylic acids is 3. The van der Waals surface area contributed by atoms with E-state index in [9.17, 15) is 14.4 Å². The molecule has 2 N–H and O–H groups in total. The summed E-state index contributed by atoms with van der Waals surface area (Å²) in [4.78, 5) is 42.8. The maximum absolute atomic E-state index is 12.2. The van der Waals surface area contributed by atoms with Crippen molar-refractivity contribution in [1.29, 1.82) is 0 Å². The quantitative estimate of drug-likeness (QED) is 0.745. The second kappa shape index (κ2) is 6.64. The van der Waals surface area contributed by atoms with Crippen LogP contribution >= 0.6 is 0 Å². The third-order valence-corrected chi connectivity index (χ3v) is 4.15. The lowest BCUT2D eigenvalue weighted by molar-refractivity contribution is -0.131. The number of rotatable bonds is 4. The number of amides is 4. The summed E-state index contributed by atoms with van der Waals surface area (Å²) in [6, 6.07) is 2.82. The van der Waals surface area contributed by atoms with Gasteiger partial charge in [0.25, 0.3) is 5.91 Å². The zero-order valence-electron chi connectivity index (χ0n) is 12.7. The highest BCUT2D eigenvalue weighted by Crippen LogP contribution is 2.15. The Kier molecular flexibility index (Phi) is 4.40. The topological polar surface area (TPSA) is 94.6 Å². The molecule has 1 aromatic rings. The summed E-state index contributed by atoms with van der Waals surface area (Å²) in [6.45, 7) is 2.82. The Bertz CT molecular complexity index is 598. The lowest BCUT2D eigenvalue weighted by Gasteiger charge is -2.36. The minimum absolute atomic E-state index is 0.0183. The Morgan fingerprint density at radius 3 is 2.65 bits per heavy atom. The molecule has 0 unspecified atom stereocenters. The lowest BCUT2D eigenvalue weighted by atomic mass is 10.1. The zero-order valence-corrected chi connectivity index (χ0v) is 12.7. The average molecular weight is 317 g/mol. The van der Waals surface area contributed by atoms with E-state index in [1.54, 1.807) is 6.20 Å². The van der Waals surface area contributed by atoms with E-state index in [2.05, 4.69) is 20.5 Å². The van der Waals surface area contributed by atoms with Crippen LogP contribution in [0.5, 0.6) is 0 Å². The Morgan fingerprint density at radius 1 is 1.26 bits per heavy atom. The molecule has 0 saturated carbocycles. The number of pyridine rings is 1. The molecule has 0 radical (unpaired) electrons. The molecule has 1 atom stereocenters. The number of nitrogens with zero attached hydrogens (tertiary/aromatic N) is 3. The van der Waals surface area contributed by atoms with E-state index in [1.807, 2.05) is 23.2 Å². The van der Waals surface area contributed by atoms with Gasteiger partial charge in [0.15, 0.2) is 0 Å². The SMILES string of the molecule is O=C1NC(=O)[C@@H](CCC(=O)N2CCN(c3cccnc3)CC2)N1.